The van der Waals surface area contributed by atoms with E-state index in [1.807, 2.05) is 43.3 Å². The van der Waals surface area contributed by atoms with Crippen LogP contribution in [0, 0.1) is 0 Å². The van der Waals surface area contributed by atoms with Crippen LogP contribution in [0.1, 0.15) is 17.2 Å². The van der Waals surface area contributed by atoms with Gasteiger partial charge in [0.15, 0.2) is 11.5 Å². The van der Waals surface area contributed by atoms with E-state index in [4.69, 9.17) is 9.47 Å². The fourth-order valence-corrected chi connectivity index (χ4v) is 4.02. The predicted octanol–water partition coefficient (Wildman–Crippen LogP) is 3.20. The van der Waals surface area contributed by atoms with E-state index in [1.165, 1.54) is 4.90 Å². The van der Waals surface area contributed by atoms with Crippen molar-refractivity contribution in [3.05, 3.63) is 63.6 Å². The number of fused-ring (bicyclic) bond motifs is 1. The van der Waals surface area contributed by atoms with Crippen LogP contribution in [0.25, 0.3) is 5.76 Å². The monoisotopic (exact) mass is 486 g/mol. The van der Waals surface area contributed by atoms with Gasteiger partial charge in [-0.25, -0.2) is 0 Å². The van der Waals surface area contributed by atoms with Gasteiger partial charge in [0, 0.05) is 23.1 Å². The Bertz CT molecular complexity index is 1050. The smallest absolute Gasteiger partial charge is 0.295 e. The van der Waals surface area contributed by atoms with E-state index in [0.29, 0.717) is 43.4 Å². The summed E-state index contributed by atoms with van der Waals surface area (Å²) in [6.07, 6.45) is 0. The largest absolute Gasteiger partial charge is 0.507 e. The minimum Gasteiger partial charge on any atom is -0.507 e. The molecule has 0 aromatic heterocycles. The third-order valence-electron chi connectivity index (χ3n) is 5.33. The summed E-state index contributed by atoms with van der Waals surface area (Å²) in [5.41, 5.74) is 1.22. The Morgan fingerprint density at radius 2 is 1.77 bits per heavy atom. The zero-order valence-electron chi connectivity index (χ0n) is 17.3. The van der Waals surface area contributed by atoms with Crippen molar-refractivity contribution in [3.8, 4) is 11.5 Å². The zero-order chi connectivity index (χ0) is 22.1. The van der Waals surface area contributed by atoms with E-state index in [2.05, 4.69) is 15.9 Å². The maximum Gasteiger partial charge on any atom is 0.295 e. The summed E-state index contributed by atoms with van der Waals surface area (Å²) >= 11 is 3.42. The highest BCUT2D eigenvalue weighted by Gasteiger charge is 2.45. The molecule has 1 fully saturated rings. The molecule has 162 valence electrons. The molecule has 0 bridgehead atoms. The predicted molar refractivity (Wildman–Crippen MR) is 119 cm³/mol. The van der Waals surface area contributed by atoms with Crippen LogP contribution in [0.15, 0.2) is 52.5 Å². The first-order chi connectivity index (χ1) is 14.9. The summed E-state index contributed by atoms with van der Waals surface area (Å²) in [7, 11) is 3.81. The molecule has 2 aromatic carbocycles. The second-order valence-electron chi connectivity index (χ2n) is 7.71. The lowest BCUT2D eigenvalue weighted by Gasteiger charge is -2.26. The van der Waals surface area contributed by atoms with Crippen molar-refractivity contribution in [2.24, 2.45) is 0 Å². The zero-order valence-corrected chi connectivity index (χ0v) is 18.9. The Hall–Kier alpha value is -2.84. The number of carbonyl (C=O) groups excluding carboxylic acids is 2. The van der Waals surface area contributed by atoms with Crippen molar-refractivity contribution in [1.82, 2.24) is 9.80 Å². The van der Waals surface area contributed by atoms with Crippen LogP contribution in [0.5, 0.6) is 11.5 Å². The van der Waals surface area contributed by atoms with Crippen LogP contribution < -0.4 is 9.47 Å². The third kappa shape index (κ3) is 4.18. The quantitative estimate of drug-likeness (QED) is 0.397. The molecule has 0 radical (unpaired) electrons. The highest BCUT2D eigenvalue weighted by atomic mass is 79.9. The number of Topliss-reactive ketones (excluding diaryl/α,β-unsaturated/α-hetero) is 1. The van der Waals surface area contributed by atoms with E-state index in [-0.39, 0.29) is 11.3 Å². The van der Waals surface area contributed by atoms with Gasteiger partial charge >= 0.3 is 0 Å². The normalized spacial score (nSPS) is 19.9. The molecule has 31 heavy (non-hydrogen) atoms. The summed E-state index contributed by atoms with van der Waals surface area (Å²) in [5, 5.41) is 11.2. The van der Waals surface area contributed by atoms with E-state index < -0.39 is 17.7 Å². The number of carbonyl (C=O) groups is 2. The first kappa shape index (κ1) is 21.4. The van der Waals surface area contributed by atoms with Gasteiger partial charge in [-0.3, -0.25) is 9.59 Å². The molecule has 7 nitrogen and oxygen atoms in total. The number of ether oxygens (including phenoxy) is 2. The second kappa shape index (κ2) is 8.72. The molecule has 1 N–H and O–H groups in total. The van der Waals surface area contributed by atoms with Crippen molar-refractivity contribution in [3.63, 3.8) is 0 Å². The third-order valence-corrected chi connectivity index (χ3v) is 5.86. The summed E-state index contributed by atoms with van der Waals surface area (Å²) in [6.45, 7) is 1.81. The van der Waals surface area contributed by atoms with Gasteiger partial charge in [0.1, 0.15) is 19.0 Å². The first-order valence-corrected chi connectivity index (χ1v) is 10.7. The number of nitrogens with zero attached hydrogens (tertiary/aromatic N) is 2. The number of benzene rings is 2. The average Bonchev–Trinajstić information content (AvgIpc) is 3.02. The second-order valence-corrected chi connectivity index (χ2v) is 8.62. The number of rotatable bonds is 5. The minimum absolute atomic E-state index is 0.0720. The molecule has 8 heteroatoms. The number of halogens is 1. The summed E-state index contributed by atoms with van der Waals surface area (Å²) in [6, 6.07) is 11.7. The number of ketones is 1. The van der Waals surface area contributed by atoms with Gasteiger partial charge in [-0.05, 0) is 50.0 Å². The molecule has 2 aliphatic rings. The Labute approximate surface area is 189 Å². The maximum absolute atomic E-state index is 13.0. The molecule has 1 amide bonds. The van der Waals surface area contributed by atoms with Crippen molar-refractivity contribution < 1.29 is 24.2 Å². The number of hydrogen-bond donors (Lipinski definition) is 1. The number of aliphatic hydroxyl groups is 1. The van der Waals surface area contributed by atoms with Crippen LogP contribution in [0.4, 0.5) is 0 Å². The van der Waals surface area contributed by atoms with Gasteiger partial charge in [-0.1, -0.05) is 28.1 Å². The van der Waals surface area contributed by atoms with Gasteiger partial charge in [0.05, 0.1) is 11.6 Å². The highest BCUT2D eigenvalue weighted by molar-refractivity contribution is 9.10. The lowest BCUT2D eigenvalue weighted by atomic mass is 9.95. The molecule has 1 saturated heterocycles. The topological polar surface area (TPSA) is 79.3 Å². The molecule has 0 spiro atoms. The molecule has 4 rings (SSSR count). The van der Waals surface area contributed by atoms with Crippen LogP contribution in [-0.2, 0) is 9.59 Å². The molecule has 1 atom stereocenters. The SMILES string of the molecule is CN(C)CCN1C(=O)C(=O)C(=C(O)c2ccc3c(c2)OCCO3)[C@H]1c1ccc(Br)cc1. The van der Waals surface area contributed by atoms with Crippen LogP contribution in [0.2, 0.25) is 0 Å². The van der Waals surface area contributed by atoms with Crippen molar-refractivity contribution >= 4 is 33.4 Å². The van der Waals surface area contributed by atoms with E-state index in [1.54, 1.807) is 18.2 Å². The molecule has 0 aliphatic carbocycles. The molecule has 2 aromatic rings. The fourth-order valence-electron chi connectivity index (χ4n) is 3.76. The molecule has 2 aliphatic heterocycles. The van der Waals surface area contributed by atoms with Gasteiger partial charge in [0.2, 0.25) is 0 Å². The molecular formula is C23H23BrN2O5. The lowest BCUT2D eigenvalue weighted by Crippen LogP contribution is -2.35. The molecule has 2 heterocycles. The van der Waals surface area contributed by atoms with Crippen molar-refractivity contribution in [2.45, 2.75) is 6.04 Å². The number of aliphatic hydroxyl groups excluding tert-OH is 1. The number of amides is 1. The highest BCUT2D eigenvalue weighted by Crippen LogP contribution is 2.41. The maximum atomic E-state index is 13.0. The van der Waals surface area contributed by atoms with E-state index in [0.717, 1.165) is 10.0 Å². The lowest BCUT2D eigenvalue weighted by molar-refractivity contribution is -0.140. The van der Waals surface area contributed by atoms with Gasteiger partial charge in [-0.15, -0.1) is 0 Å². The summed E-state index contributed by atoms with van der Waals surface area (Å²) < 4.78 is 12.0. The number of hydrogen-bond acceptors (Lipinski definition) is 6. The Morgan fingerprint density at radius 3 is 2.45 bits per heavy atom. The van der Waals surface area contributed by atoms with E-state index >= 15 is 0 Å². The van der Waals surface area contributed by atoms with Crippen LogP contribution in [-0.4, -0.2) is 67.0 Å². The summed E-state index contributed by atoms with van der Waals surface area (Å²) in [4.78, 5) is 29.4. The van der Waals surface area contributed by atoms with Crippen LogP contribution in [0.3, 0.4) is 0 Å². The van der Waals surface area contributed by atoms with Gasteiger partial charge in [-0.2, -0.15) is 0 Å². The Balaban J connectivity index is 1.81. The van der Waals surface area contributed by atoms with E-state index in [9.17, 15) is 14.7 Å². The molecule has 0 saturated carbocycles. The molecular weight excluding hydrogens is 464 g/mol. The summed E-state index contributed by atoms with van der Waals surface area (Å²) in [5.74, 6) is -0.459. The van der Waals surface area contributed by atoms with Crippen molar-refractivity contribution in [1.29, 1.82) is 0 Å². The van der Waals surface area contributed by atoms with Crippen LogP contribution >= 0.6 is 15.9 Å². The Morgan fingerprint density at radius 1 is 1.10 bits per heavy atom. The first-order valence-electron chi connectivity index (χ1n) is 9.95. The standard InChI is InChI=1S/C23H23BrN2O5/c1-25(2)9-10-26-20(14-3-6-16(24)7-4-14)19(22(28)23(26)29)21(27)15-5-8-17-18(13-15)31-12-11-30-17/h3-8,13,20,27H,9-12H2,1-2H3/t20-/m1/s1. The minimum atomic E-state index is -0.695. The van der Waals surface area contributed by atoms with Crippen molar-refractivity contribution in [2.75, 3.05) is 40.4 Å². The fraction of sp³-hybridized carbons (Fsp3) is 0.304. The molecule has 0 unspecified atom stereocenters. The van der Waals surface area contributed by atoms with Gasteiger partial charge < -0.3 is 24.4 Å². The number of likely N-dealkylation sites (tertiary alicyclic amines) is 1. The average molecular weight is 487 g/mol. The van der Waals surface area contributed by atoms with Gasteiger partial charge in [0.25, 0.3) is 11.7 Å². The number of likely N-dealkylation sites (N-methyl/N-ethyl adjacent to an activating group) is 1. The Kier molecular flexibility index (Phi) is 6.02.